The molecule has 0 unspecified atom stereocenters. The molecule has 5 nitrogen and oxygen atoms in total. The second-order valence-corrected chi connectivity index (χ2v) is 4.71. The number of primary amides is 1. The van der Waals surface area contributed by atoms with Gasteiger partial charge in [0.2, 0.25) is 0 Å². The molecule has 0 atom stereocenters. The van der Waals surface area contributed by atoms with Crippen molar-refractivity contribution >= 4 is 11.6 Å². The summed E-state index contributed by atoms with van der Waals surface area (Å²) in [6.45, 7) is 3.69. The summed E-state index contributed by atoms with van der Waals surface area (Å²) in [4.78, 5) is 15.7. The number of anilines is 1. The molecule has 1 saturated carbocycles. The van der Waals surface area contributed by atoms with Crippen LogP contribution in [0.1, 0.15) is 34.6 Å². The number of carbonyl (C=O) groups is 1. The SMILES string of the molecule is Cc1cc(NC2CC(N)C2)c(C(N)=O)c(C)n1. The van der Waals surface area contributed by atoms with Gasteiger partial charge in [0.25, 0.3) is 5.91 Å². The van der Waals surface area contributed by atoms with Gasteiger partial charge in [0.05, 0.1) is 16.9 Å². The minimum Gasteiger partial charge on any atom is -0.381 e. The molecule has 1 aromatic heterocycles. The van der Waals surface area contributed by atoms with Gasteiger partial charge in [-0.25, -0.2) is 0 Å². The van der Waals surface area contributed by atoms with Gasteiger partial charge in [0, 0.05) is 17.8 Å². The molecule has 17 heavy (non-hydrogen) atoms. The summed E-state index contributed by atoms with van der Waals surface area (Å²) in [5.41, 5.74) is 13.9. The van der Waals surface area contributed by atoms with Crippen LogP contribution in [0, 0.1) is 13.8 Å². The quantitative estimate of drug-likeness (QED) is 0.717. The number of pyridine rings is 1. The molecule has 0 aliphatic heterocycles. The van der Waals surface area contributed by atoms with Gasteiger partial charge in [-0.2, -0.15) is 0 Å². The normalized spacial score (nSPS) is 23.0. The largest absolute Gasteiger partial charge is 0.381 e. The molecule has 1 aliphatic rings. The fourth-order valence-electron chi connectivity index (χ4n) is 2.25. The highest BCUT2D eigenvalue weighted by atomic mass is 16.1. The molecule has 1 heterocycles. The van der Waals surface area contributed by atoms with Crippen molar-refractivity contribution in [3.63, 3.8) is 0 Å². The fraction of sp³-hybridized carbons (Fsp3) is 0.500. The number of hydrogen-bond acceptors (Lipinski definition) is 4. The zero-order chi connectivity index (χ0) is 12.6. The van der Waals surface area contributed by atoms with Crippen LogP contribution in [0.4, 0.5) is 5.69 Å². The van der Waals surface area contributed by atoms with Crippen molar-refractivity contribution < 1.29 is 4.79 Å². The number of aryl methyl sites for hydroxylation is 2. The van der Waals surface area contributed by atoms with E-state index >= 15 is 0 Å². The van der Waals surface area contributed by atoms with E-state index in [0.717, 1.165) is 24.2 Å². The molecule has 1 aromatic rings. The molecule has 0 saturated heterocycles. The van der Waals surface area contributed by atoms with E-state index in [9.17, 15) is 4.79 Å². The van der Waals surface area contributed by atoms with Crippen molar-refractivity contribution in [3.8, 4) is 0 Å². The lowest BCUT2D eigenvalue weighted by molar-refractivity contribution is 0.1000. The number of rotatable bonds is 3. The smallest absolute Gasteiger partial charge is 0.252 e. The summed E-state index contributed by atoms with van der Waals surface area (Å²) in [6.07, 6.45) is 1.86. The van der Waals surface area contributed by atoms with Crippen LogP contribution >= 0.6 is 0 Å². The zero-order valence-corrected chi connectivity index (χ0v) is 10.2. The molecular weight excluding hydrogens is 216 g/mol. The van der Waals surface area contributed by atoms with E-state index in [2.05, 4.69) is 10.3 Å². The fourth-order valence-corrected chi connectivity index (χ4v) is 2.25. The Morgan fingerprint density at radius 3 is 2.65 bits per heavy atom. The maximum atomic E-state index is 11.4. The summed E-state index contributed by atoms with van der Waals surface area (Å²) >= 11 is 0. The van der Waals surface area contributed by atoms with E-state index < -0.39 is 5.91 Å². The van der Waals surface area contributed by atoms with Crippen LogP contribution in [-0.4, -0.2) is 23.0 Å². The number of nitrogens with zero attached hydrogens (tertiary/aromatic N) is 1. The zero-order valence-electron chi connectivity index (χ0n) is 10.2. The van der Waals surface area contributed by atoms with Gasteiger partial charge in [0.1, 0.15) is 0 Å². The number of nitrogens with two attached hydrogens (primary N) is 2. The van der Waals surface area contributed by atoms with Crippen LogP contribution in [0.5, 0.6) is 0 Å². The van der Waals surface area contributed by atoms with Gasteiger partial charge in [-0.15, -0.1) is 0 Å². The molecule has 0 bridgehead atoms. The lowest BCUT2D eigenvalue weighted by Crippen LogP contribution is -2.44. The molecule has 1 aliphatic carbocycles. The standard InChI is InChI=1S/C12H18N4O/c1-6-3-10(16-9-4-8(13)5-9)11(12(14)17)7(2)15-6/h3,8-9H,4-5,13H2,1-2H3,(H2,14,17)(H,15,16). The van der Waals surface area contributed by atoms with Crippen LogP contribution in [0.15, 0.2) is 6.07 Å². The number of nitrogens with one attached hydrogen (secondary N) is 1. The van der Waals surface area contributed by atoms with Crippen molar-refractivity contribution in [2.45, 2.75) is 38.8 Å². The van der Waals surface area contributed by atoms with Crippen molar-refractivity contribution in [2.75, 3.05) is 5.32 Å². The third kappa shape index (κ3) is 2.39. The minimum absolute atomic E-state index is 0.272. The Morgan fingerprint density at radius 1 is 1.47 bits per heavy atom. The van der Waals surface area contributed by atoms with E-state index in [1.165, 1.54) is 0 Å². The average molecular weight is 234 g/mol. The Bertz CT molecular complexity index is 452. The molecule has 0 aromatic carbocycles. The summed E-state index contributed by atoms with van der Waals surface area (Å²) in [5.74, 6) is -0.443. The van der Waals surface area contributed by atoms with E-state index in [-0.39, 0.29) is 6.04 Å². The van der Waals surface area contributed by atoms with Crippen molar-refractivity contribution in [2.24, 2.45) is 11.5 Å². The van der Waals surface area contributed by atoms with E-state index in [1.54, 1.807) is 6.92 Å². The highest BCUT2D eigenvalue weighted by molar-refractivity contribution is 5.99. The molecular formula is C12H18N4O. The Kier molecular flexibility index (Phi) is 3.02. The molecule has 0 radical (unpaired) electrons. The first-order valence-electron chi connectivity index (χ1n) is 5.77. The summed E-state index contributed by atoms with van der Waals surface area (Å²) in [7, 11) is 0. The molecule has 0 spiro atoms. The van der Waals surface area contributed by atoms with Crippen molar-refractivity contribution in [1.29, 1.82) is 0 Å². The summed E-state index contributed by atoms with van der Waals surface area (Å²) in [6, 6.07) is 2.47. The topological polar surface area (TPSA) is 94.0 Å². The van der Waals surface area contributed by atoms with Gasteiger partial charge in [-0.1, -0.05) is 0 Å². The predicted molar refractivity (Wildman–Crippen MR) is 66.8 cm³/mol. The van der Waals surface area contributed by atoms with Crippen LogP contribution in [0.3, 0.4) is 0 Å². The minimum atomic E-state index is -0.443. The summed E-state index contributed by atoms with van der Waals surface area (Å²) in [5, 5.41) is 3.32. The highest BCUT2D eigenvalue weighted by Gasteiger charge is 2.27. The van der Waals surface area contributed by atoms with Gasteiger partial charge >= 0.3 is 0 Å². The number of aromatic nitrogens is 1. The van der Waals surface area contributed by atoms with Crippen LogP contribution in [0.2, 0.25) is 0 Å². The molecule has 1 amide bonds. The van der Waals surface area contributed by atoms with Gasteiger partial charge in [-0.3, -0.25) is 9.78 Å². The third-order valence-electron chi connectivity index (χ3n) is 3.11. The third-order valence-corrected chi connectivity index (χ3v) is 3.11. The van der Waals surface area contributed by atoms with E-state index in [1.807, 2.05) is 13.0 Å². The second-order valence-electron chi connectivity index (χ2n) is 4.71. The monoisotopic (exact) mass is 234 g/mol. The maximum Gasteiger partial charge on any atom is 0.252 e. The number of hydrogen-bond donors (Lipinski definition) is 3. The van der Waals surface area contributed by atoms with Gasteiger partial charge in [-0.05, 0) is 32.8 Å². The van der Waals surface area contributed by atoms with Gasteiger partial charge in [0.15, 0.2) is 0 Å². The lowest BCUT2D eigenvalue weighted by atomic mass is 9.87. The molecule has 2 rings (SSSR count). The van der Waals surface area contributed by atoms with E-state index in [4.69, 9.17) is 11.5 Å². The van der Waals surface area contributed by atoms with Crippen molar-refractivity contribution in [1.82, 2.24) is 4.98 Å². The Hall–Kier alpha value is -1.62. The van der Waals surface area contributed by atoms with E-state index in [0.29, 0.717) is 17.3 Å². The first kappa shape index (κ1) is 11.9. The molecule has 5 heteroatoms. The summed E-state index contributed by atoms with van der Waals surface area (Å²) < 4.78 is 0. The molecule has 92 valence electrons. The number of amides is 1. The second kappa shape index (κ2) is 4.33. The predicted octanol–water partition coefficient (Wildman–Crippen LogP) is 0.699. The molecule has 1 fully saturated rings. The van der Waals surface area contributed by atoms with Gasteiger partial charge < -0.3 is 16.8 Å². The maximum absolute atomic E-state index is 11.4. The van der Waals surface area contributed by atoms with Crippen LogP contribution in [0.25, 0.3) is 0 Å². The Balaban J connectivity index is 2.27. The van der Waals surface area contributed by atoms with Crippen LogP contribution in [-0.2, 0) is 0 Å². The van der Waals surface area contributed by atoms with Crippen molar-refractivity contribution in [3.05, 3.63) is 23.0 Å². The highest BCUT2D eigenvalue weighted by Crippen LogP contribution is 2.26. The average Bonchev–Trinajstić information content (AvgIpc) is 2.13. The lowest BCUT2D eigenvalue weighted by Gasteiger charge is -2.34. The molecule has 5 N–H and O–H groups in total. The first-order valence-corrected chi connectivity index (χ1v) is 5.77. The van der Waals surface area contributed by atoms with Crippen LogP contribution < -0.4 is 16.8 Å². The number of carbonyl (C=O) groups excluding carboxylic acids is 1. The Morgan fingerprint density at radius 2 is 2.12 bits per heavy atom. The Labute approximate surface area is 101 Å². The first-order chi connectivity index (χ1) is 7.97.